The van der Waals surface area contributed by atoms with Crippen LogP contribution >= 0.6 is 24.0 Å². The quantitative estimate of drug-likeness (QED) is 0.771. The summed E-state index contributed by atoms with van der Waals surface area (Å²) < 4.78 is 19.8. The molecule has 4 nitrogen and oxygen atoms in total. The van der Waals surface area contributed by atoms with Crippen molar-refractivity contribution in [3.05, 3.63) is 28.5 Å². The number of rotatable bonds is 0. The Bertz CT molecular complexity index is 555. The van der Waals surface area contributed by atoms with Gasteiger partial charge in [0.2, 0.25) is 0 Å². The lowest BCUT2D eigenvalue weighted by atomic mass is 9.80. The number of carbonyl (C=O) groups excluding carboxylic acids is 1. The highest BCUT2D eigenvalue weighted by molar-refractivity contribution is 6.31. The summed E-state index contributed by atoms with van der Waals surface area (Å²) in [5, 5.41) is 5.75. The van der Waals surface area contributed by atoms with E-state index in [2.05, 4.69) is 10.6 Å². The van der Waals surface area contributed by atoms with Crippen LogP contribution in [0.15, 0.2) is 12.1 Å². The number of hydrogen-bond donors (Lipinski definition) is 2. The van der Waals surface area contributed by atoms with Gasteiger partial charge in [-0.05, 0) is 31.0 Å². The van der Waals surface area contributed by atoms with Gasteiger partial charge in [-0.2, -0.15) is 0 Å². The molecule has 2 aliphatic rings. The molecule has 1 spiro atoms. The number of nitrogens with one attached hydrogen (secondary N) is 2. The number of ether oxygens (including phenoxy) is 1. The minimum Gasteiger partial charge on any atom is -0.436 e. The Labute approximate surface area is 127 Å². The zero-order valence-electron chi connectivity index (χ0n) is 10.8. The standard InChI is InChI=1S/C13H14ClFN2O2.ClH/c1-7-4-13(6-16-5-7)10-9(17-12(18)19-13)3-2-8(14)11(10)15;/h2-3,7,16H,4-6H2,1H3,(H,17,18);1H. The zero-order chi connectivity index (χ0) is 13.6. The fourth-order valence-electron chi connectivity index (χ4n) is 2.96. The highest BCUT2D eigenvalue weighted by Crippen LogP contribution is 2.44. The van der Waals surface area contributed by atoms with E-state index in [-0.39, 0.29) is 23.3 Å². The molecule has 110 valence electrons. The average Bonchev–Trinajstić information content (AvgIpc) is 2.33. The molecule has 0 aromatic heterocycles. The molecule has 7 heteroatoms. The highest BCUT2D eigenvalue weighted by atomic mass is 35.5. The molecule has 1 amide bonds. The molecule has 0 bridgehead atoms. The van der Waals surface area contributed by atoms with Gasteiger partial charge in [-0.15, -0.1) is 12.4 Å². The first-order valence-corrected chi connectivity index (χ1v) is 6.59. The van der Waals surface area contributed by atoms with Crippen LogP contribution in [-0.2, 0) is 10.3 Å². The lowest BCUT2D eigenvalue weighted by Crippen LogP contribution is -2.52. The Kier molecular flexibility index (Phi) is 4.14. The summed E-state index contributed by atoms with van der Waals surface area (Å²) in [4.78, 5) is 11.7. The Morgan fingerprint density at radius 1 is 1.50 bits per heavy atom. The third kappa shape index (κ3) is 2.34. The molecule has 1 aromatic carbocycles. The Morgan fingerprint density at radius 2 is 2.25 bits per heavy atom. The van der Waals surface area contributed by atoms with Crippen LogP contribution in [0.1, 0.15) is 18.9 Å². The van der Waals surface area contributed by atoms with Gasteiger partial charge in [0.15, 0.2) is 11.4 Å². The maximum absolute atomic E-state index is 14.4. The molecule has 2 heterocycles. The summed E-state index contributed by atoms with van der Waals surface area (Å²) in [7, 11) is 0. The van der Waals surface area contributed by atoms with Crippen LogP contribution in [-0.4, -0.2) is 19.2 Å². The third-order valence-electron chi connectivity index (χ3n) is 3.66. The van der Waals surface area contributed by atoms with Crippen LogP contribution < -0.4 is 10.6 Å². The monoisotopic (exact) mass is 320 g/mol. The molecule has 2 atom stereocenters. The first kappa shape index (κ1) is 15.4. The number of hydrogen-bond acceptors (Lipinski definition) is 3. The van der Waals surface area contributed by atoms with Crippen molar-refractivity contribution < 1.29 is 13.9 Å². The van der Waals surface area contributed by atoms with Crippen molar-refractivity contribution in [2.24, 2.45) is 5.92 Å². The number of anilines is 1. The van der Waals surface area contributed by atoms with E-state index in [9.17, 15) is 9.18 Å². The van der Waals surface area contributed by atoms with Crippen molar-refractivity contribution in [2.75, 3.05) is 18.4 Å². The number of piperidine rings is 1. The molecule has 0 aliphatic carbocycles. The number of amides is 1. The van der Waals surface area contributed by atoms with Gasteiger partial charge in [-0.25, -0.2) is 9.18 Å². The predicted octanol–water partition coefficient (Wildman–Crippen LogP) is 3.29. The normalized spacial score (nSPS) is 28.1. The van der Waals surface area contributed by atoms with Crippen LogP contribution in [0.2, 0.25) is 5.02 Å². The van der Waals surface area contributed by atoms with Crippen LogP contribution in [0.3, 0.4) is 0 Å². The van der Waals surface area contributed by atoms with E-state index in [1.807, 2.05) is 6.92 Å². The van der Waals surface area contributed by atoms with Gasteiger partial charge in [0, 0.05) is 6.54 Å². The summed E-state index contributed by atoms with van der Waals surface area (Å²) in [6.45, 7) is 3.26. The molecule has 2 unspecified atom stereocenters. The fraction of sp³-hybridized carbons (Fsp3) is 0.462. The van der Waals surface area contributed by atoms with E-state index >= 15 is 0 Å². The maximum atomic E-state index is 14.4. The topological polar surface area (TPSA) is 50.4 Å². The van der Waals surface area contributed by atoms with E-state index in [4.69, 9.17) is 16.3 Å². The van der Waals surface area contributed by atoms with Gasteiger partial charge < -0.3 is 10.1 Å². The largest absolute Gasteiger partial charge is 0.436 e. The molecule has 1 fully saturated rings. The number of benzene rings is 1. The molecule has 0 saturated carbocycles. The van der Waals surface area contributed by atoms with Gasteiger partial charge in [-0.1, -0.05) is 18.5 Å². The van der Waals surface area contributed by atoms with E-state index in [0.29, 0.717) is 24.2 Å². The van der Waals surface area contributed by atoms with Crippen molar-refractivity contribution in [3.8, 4) is 0 Å². The molecule has 2 N–H and O–H groups in total. The molecule has 2 aliphatic heterocycles. The van der Waals surface area contributed by atoms with E-state index < -0.39 is 17.5 Å². The average molecular weight is 321 g/mol. The number of carbonyl (C=O) groups is 1. The first-order valence-electron chi connectivity index (χ1n) is 6.21. The Morgan fingerprint density at radius 3 is 2.95 bits per heavy atom. The second kappa shape index (κ2) is 5.39. The van der Waals surface area contributed by atoms with Gasteiger partial charge in [0.1, 0.15) is 0 Å². The third-order valence-corrected chi connectivity index (χ3v) is 3.95. The summed E-state index contributed by atoms with van der Waals surface area (Å²) in [6, 6.07) is 3.05. The van der Waals surface area contributed by atoms with Crippen LogP contribution in [0, 0.1) is 11.7 Å². The van der Waals surface area contributed by atoms with E-state index in [1.165, 1.54) is 6.07 Å². The number of halogens is 3. The van der Waals surface area contributed by atoms with Gasteiger partial charge >= 0.3 is 6.09 Å². The smallest absolute Gasteiger partial charge is 0.412 e. The summed E-state index contributed by atoms with van der Waals surface area (Å²) in [6.07, 6.45) is 0.0302. The fourth-order valence-corrected chi connectivity index (χ4v) is 3.12. The number of fused-ring (bicyclic) bond motifs is 2. The molecular formula is C13H15Cl2FN2O2. The maximum Gasteiger partial charge on any atom is 0.412 e. The molecule has 1 aromatic rings. The summed E-state index contributed by atoms with van der Waals surface area (Å²) in [5.74, 6) is -0.235. The molecular weight excluding hydrogens is 306 g/mol. The summed E-state index contributed by atoms with van der Waals surface area (Å²) >= 11 is 5.86. The van der Waals surface area contributed by atoms with Crippen molar-refractivity contribution >= 4 is 35.8 Å². The van der Waals surface area contributed by atoms with Crippen molar-refractivity contribution in [3.63, 3.8) is 0 Å². The van der Waals surface area contributed by atoms with Crippen LogP contribution in [0.25, 0.3) is 0 Å². The van der Waals surface area contributed by atoms with E-state index in [0.717, 1.165) is 6.54 Å². The van der Waals surface area contributed by atoms with Gasteiger partial charge in [0.25, 0.3) is 0 Å². The molecule has 3 rings (SSSR count). The van der Waals surface area contributed by atoms with Crippen molar-refractivity contribution in [2.45, 2.75) is 18.9 Å². The molecule has 0 radical (unpaired) electrons. The van der Waals surface area contributed by atoms with Gasteiger partial charge in [0.05, 0.1) is 16.3 Å². The SMILES string of the molecule is CC1CNCC2(C1)OC(=O)Nc1ccc(Cl)c(F)c12.Cl. The lowest BCUT2D eigenvalue weighted by Gasteiger charge is -2.43. The van der Waals surface area contributed by atoms with Crippen molar-refractivity contribution in [1.82, 2.24) is 5.32 Å². The minimum absolute atomic E-state index is 0. The lowest BCUT2D eigenvalue weighted by molar-refractivity contribution is -0.0230. The van der Waals surface area contributed by atoms with Gasteiger partial charge in [-0.3, -0.25) is 5.32 Å². The second-order valence-electron chi connectivity index (χ2n) is 5.23. The van der Waals surface area contributed by atoms with Crippen molar-refractivity contribution in [1.29, 1.82) is 0 Å². The Hall–Kier alpha value is -1.04. The van der Waals surface area contributed by atoms with E-state index in [1.54, 1.807) is 6.07 Å². The van der Waals surface area contributed by atoms with Crippen LogP contribution in [0.5, 0.6) is 0 Å². The predicted molar refractivity (Wildman–Crippen MR) is 77.1 cm³/mol. The Balaban J connectivity index is 0.00000147. The van der Waals surface area contributed by atoms with Crippen LogP contribution in [0.4, 0.5) is 14.9 Å². The summed E-state index contributed by atoms with van der Waals surface area (Å²) in [5.41, 5.74) is -0.183. The zero-order valence-corrected chi connectivity index (χ0v) is 12.4. The highest BCUT2D eigenvalue weighted by Gasteiger charge is 2.47. The molecule has 1 saturated heterocycles. The first-order chi connectivity index (χ1) is 9.02. The minimum atomic E-state index is -0.968. The molecule has 20 heavy (non-hydrogen) atoms. The second-order valence-corrected chi connectivity index (χ2v) is 5.64.